The molecule has 10 heteroatoms. The van der Waals surface area contributed by atoms with Gasteiger partial charge in [-0.3, -0.25) is 14.9 Å². The van der Waals surface area contributed by atoms with Crippen LogP contribution in [-0.4, -0.2) is 29.6 Å². The molecule has 2 aromatic carbocycles. The summed E-state index contributed by atoms with van der Waals surface area (Å²) in [6, 6.07) is 15.2. The predicted molar refractivity (Wildman–Crippen MR) is 104 cm³/mol. The third-order valence-electron chi connectivity index (χ3n) is 3.61. The van der Waals surface area contributed by atoms with Crippen molar-refractivity contribution in [3.8, 4) is 11.5 Å². The number of nitrogens with one attached hydrogen (secondary N) is 1. The van der Waals surface area contributed by atoms with Gasteiger partial charge in [-0.2, -0.15) is 5.10 Å². The Morgan fingerprint density at radius 2 is 1.97 bits per heavy atom. The number of ether oxygens (including phenoxy) is 2. The third-order valence-corrected chi connectivity index (χ3v) is 3.61. The quantitative estimate of drug-likeness (QED) is 0.199. The topological polar surface area (TPSA) is 133 Å². The molecule has 1 heterocycles. The molecule has 0 aliphatic heterocycles. The lowest BCUT2D eigenvalue weighted by Crippen LogP contribution is -2.24. The molecule has 0 aliphatic rings. The Bertz CT molecular complexity index is 1080. The molecule has 1 N–H and O–H groups in total. The second-order valence-electron chi connectivity index (χ2n) is 5.75. The molecule has 0 radical (unpaired) electrons. The second-order valence-corrected chi connectivity index (χ2v) is 5.75. The van der Waals surface area contributed by atoms with E-state index in [0.29, 0.717) is 5.56 Å². The lowest BCUT2D eigenvalue weighted by molar-refractivity contribution is -0.385. The van der Waals surface area contributed by atoms with Crippen molar-refractivity contribution in [1.29, 1.82) is 0 Å². The van der Waals surface area contributed by atoms with E-state index in [1.165, 1.54) is 36.7 Å². The number of nitro benzene ring substituents is 1. The van der Waals surface area contributed by atoms with Gasteiger partial charge in [0.1, 0.15) is 5.75 Å². The molecule has 3 rings (SSSR count). The van der Waals surface area contributed by atoms with Crippen molar-refractivity contribution in [2.24, 2.45) is 5.10 Å². The van der Waals surface area contributed by atoms with E-state index in [4.69, 9.17) is 13.9 Å². The summed E-state index contributed by atoms with van der Waals surface area (Å²) in [7, 11) is 0. The van der Waals surface area contributed by atoms with Gasteiger partial charge in [0.05, 0.1) is 17.4 Å². The summed E-state index contributed by atoms with van der Waals surface area (Å²) in [4.78, 5) is 34.0. The van der Waals surface area contributed by atoms with E-state index < -0.39 is 23.4 Å². The molecule has 0 saturated carbocycles. The standard InChI is InChI=1S/C20H15N3O7/c24-19(13-29-17-8-2-1-7-16(17)23(26)27)22-21-12-14-5-3-6-15(11-14)30-20(25)18-9-4-10-28-18/h1-12H,13H2,(H,22,24)/b21-12-. The number of para-hydroxylation sites is 2. The normalized spacial score (nSPS) is 10.5. The summed E-state index contributed by atoms with van der Waals surface area (Å²) in [5.41, 5.74) is 2.56. The zero-order valence-electron chi connectivity index (χ0n) is 15.4. The number of nitro groups is 1. The molecular weight excluding hydrogens is 394 g/mol. The fourth-order valence-electron chi connectivity index (χ4n) is 2.29. The first-order valence-corrected chi connectivity index (χ1v) is 8.57. The fourth-order valence-corrected chi connectivity index (χ4v) is 2.29. The lowest BCUT2D eigenvalue weighted by atomic mass is 10.2. The Labute approximate surface area is 169 Å². The van der Waals surface area contributed by atoms with Gasteiger partial charge in [0.2, 0.25) is 5.76 Å². The average molecular weight is 409 g/mol. The largest absolute Gasteiger partial charge is 0.477 e. The predicted octanol–water partition coefficient (Wildman–Crippen LogP) is 2.94. The van der Waals surface area contributed by atoms with E-state index in [1.54, 1.807) is 36.4 Å². The smallest absolute Gasteiger partial charge is 0.379 e. The minimum Gasteiger partial charge on any atom is -0.477 e. The lowest BCUT2D eigenvalue weighted by Gasteiger charge is -2.05. The molecule has 0 unspecified atom stereocenters. The zero-order valence-corrected chi connectivity index (χ0v) is 15.4. The van der Waals surface area contributed by atoms with E-state index in [1.807, 2.05) is 0 Å². The van der Waals surface area contributed by atoms with Gasteiger partial charge in [-0.25, -0.2) is 10.2 Å². The number of benzene rings is 2. The van der Waals surface area contributed by atoms with Crippen LogP contribution < -0.4 is 14.9 Å². The number of rotatable bonds is 8. The minimum absolute atomic E-state index is 0.0206. The maximum atomic E-state index is 11.9. The zero-order chi connectivity index (χ0) is 21.3. The van der Waals surface area contributed by atoms with Crippen molar-refractivity contribution in [1.82, 2.24) is 5.43 Å². The molecular formula is C20H15N3O7. The van der Waals surface area contributed by atoms with Crippen LogP contribution in [0, 0.1) is 10.1 Å². The maximum absolute atomic E-state index is 11.9. The number of carbonyl (C=O) groups is 2. The number of furan rings is 1. The average Bonchev–Trinajstić information content (AvgIpc) is 3.28. The molecule has 0 spiro atoms. The van der Waals surface area contributed by atoms with Crippen LogP contribution in [0.3, 0.4) is 0 Å². The highest BCUT2D eigenvalue weighted by Gasteiger charge is 2.15. The summed E-state index contributed by atoms with van der Waals surface area (Å²) in [6.45, 7) is -0.455. The molecule has 10 nitrogen and oxygen atoms in total. The number of carbonyl (C=O) groups excluding carboxylic acids is 2. The van der Waals surface area contributed by atoms with Gasteiger partial charge in [0.15, 0.2) is 12.4 Å². The molecule has 1 amide bonds. The highest BCUT2D eigenvalue weighted by Crippen LogP contribution is 2.25. The van der Waals surface area contributed by atoms with Gasteiger partial charge >= 0.3 is 11.7 Å². The van der Waals surface area contributed by atoms with Crippen LogP contribution in [0.4, 0.5) is 5.69 Å². The molecule has 0 fully saturated rings. The Balaban J connectivity index is 1.52. The SMILES string of the molecule is O=C(COc1ccccc1[N+](=O)[O-])N/N=C\c1cccc(OC(=O)c2ccco2)c1. The van der Waals surface area contributed by atoms with E-state index >= 15 is 0 Å². The summed E-state index contributed by atoms with van der Waals surface area (Å²) in [5, 5.41) is 14.7. The van der Waals surface area contributed by atoms with Gasteiger partial charge in [0.25, 0.3) is 5.91 Å². The van der Waals surface area contributed by atoms with Crippen molar-refractivity contribution < 1.29 is 28.4 Å². The van der Waals surface area contributed by atoms with Crippen LogP contribution in [0.5, 0.6) is 11.5 Å². The fraction of sp³-hybridized carbons (Fsp3) is 0.0500. The number of amides is 1. The van der Waals surface area contributed by atoms with Gasteiger partial charge in [-0.1, -0.05) is 24.3 Å². The number of hydrazone groups is 1. The van der Waals surface area contributed by atoms with Gasteiger partial charge in [-0.05, 0) is 35.9 Å². The van der Waals surface area contributed by atoms with Crippen molar-refractivity contribution in [2.75, 3.05) is 6.61 Å². The van der Waals surface area contributed by atoms with Crippen molar-refractivity contribution in [2.45, 2.75) is 0 Å². The van der Waals surface area contributed by atoms with Crippen LogP contribution in [-0.2, 0) is 4.79 Å². The first kappa shape index (κ1) is 20.3. The Morgan fingerprint density at radius 1 is 1.13 bits per heavy atom. The maximum Gasteiger partial charge on any atom is 0.379 e. The highest BCUT2D eigenvalue weighted by molar-refractivity contribution is 5.88. The molecule has 30 heavy (non-hydrogen) atoms. The molecule has 0 aliphatic carbocycles. The van der Waals surface area contributed by atoms with Gasteiger partial charge < -0.3 is 13.9 Å². The summed E-state index contributed by atoms with van der Waals surface area (Å²) in [5.74, 6) is -0.932. The number of hydrogen-bond donors (Lipinski definition) is 1. The van der Waals surface area contributed by atoms with Crippen LogP contribution in [0.1, 0.15) is 16.1 Å². The number of esters is 1. The summed E-state index contributed by atoms with van der Waals surface area (Å²) < 4.78 is 15.3. The van der Waals surface area contributed by atoms with Gasteiger partial charge in [0, 0.05) is 6.07 Å². The van der Waals surface area contributed by atoms with Crippen molar-refractivity contribution in [3.63, 3.8) is 0 Å². The van der Waals surface area contributed by atoms with Crippen LogP contribution in [0.15, 0.2) is 76.4 Å². The first-order chi connectivity index (χ1) is 14.5. The molecule has 0 atom stereocenters. The molecule has 1 aromatic heterocycles. The molecule has 0 bridgehead atoms. The summed E-state index contributed by atoms with van der Waals surface area (Å²) >= 11 is 0. The van der Waals surface area contributed by atoms with E-state index in [-0.39, 0.29) is 22.9 Å². The Hall–Kier alpha value is -4.47. The van der Waals surface area contributed by atoms with E-state index in [2.05, 4.69) is 10.5 Å². The van der Waals surface area contributed by atoms with Crippen LogP contribution in [0.25, 0.3) is 0 Å². The molecule has 152 valence electrons. The first-order valence-electron chi connectivity index (χ1n) is 8.57. The minimum atomic E-state index is -0.644. The number of nitrogens with zero attached hydrogens (tertiary/aromatic N) is 2. The van der Waals surface area contributed by atoms with Crippen molar-refractivity contribution in [3.05, 3.63) is 88.4 Å². The van der Waals surface area contributed by atoms with Gasteiger partial charge in [-0.15, -0.1) is 0 Å². The third kappa shape index (κ3) is 5.52. The van der Waals surface area contributed by atoms with E-state index in [9.17, 15) is 19.7 Å². The molecule has 0 saturated heterocycles. The monoisotopic (exact) mass is 409 g/mol. The van der Waals surface area contributed by atoms with Crippen LogP contribution in [0.2, 0.25) is 0 Å². The summed E-state index contributed by atoms with van der Waals surface area (Å²) in [6.07, 6.45) is 2.70. The van der Waals surface area contributed by atoms with Crippen LogP contribution >= 0.6 is 0 Å². The highest BCUT2D eigenvalue weighted by atomic mass is 16.6. The second kappa shape index (κ2) is 9.64. The van der Waals surface area contributed by atoms with Crippen molar-refractivity contribution >= 4 is 23.8 Å². The van der Waals surface area contributed by atoms with E-state index in [0.717, 1.165) is 0 Å². The Morgan fingerprint density at radius 3 is 2.73 bits per heavy atom. The molecule has 3 aromatic rings. The Kier molecular flexibility index (Phi) is 6.51. The number of hydrogen-bond acceptors (Lipinski definition) is 8.